The van der Waals surface area contributed by atoms with Gasteiger partial charge in [0.1, 0.15) is 5.75 Å². The molecule has 0 aliphatic carbocycles. The first kappa shape index (κ1) is 19.6. The summed E-state index contributed by atoms with van der Waals surface area (Å²) in [5.74, 6) is 0.308. The molecule has 1 aromatic rings. The predicted octanol–water partition coefficient (Wildman–Crippen LogP) is 1.16. The minimum atomic E-state index is -0.119. The van der Waals surface area contributed by atoms with Crippen LogP contribution >= 0.6 is 0 Å². The molecule has 7 nitrogen and oxygen atoms in total. The molecule has 2 saturated heterocycles. The monoisotopic (exact) mass is 376 g/mol. The second-order valence-corrected chi connectivity index (χ2v) is 7.13. The lowest BCUT2D eigenvalue weighted by Gasteiger charge is -2.26. The first-order chi connectivity index (χ1) is 13.2. The molecule has 148 valence electrons. The van der Waals surface area contributed by atoms with E-state index < -0.39 is 0 Å². The van der Waals surface area contributed by atoms with Crippen LogP contribution in [-0.4, -0.2) is 79.3 Å². The number of aliphatic hydroxyl groups is 1. The summed E-state index contributed by atoms with van der Waals surface area (Å²) in [6.45, 7) is 3.45. The van der Waals surface area contributed by atoms with Crippen LogP contribution in [-0.2, 0) is 9.53 Å². The van der Waals surface area contributed by atoms with Gasteiger partial charge in [-0.1, -0.05) is 6.07 Å². The van der Waals surface area contributed by atoms with Crippen LogP contribution in [0.3, 0.4) is 0 Å². The van der Waals surface area contributed by atoms with Crippen molar-refractivity contribution < 1.29 is 24.2 Å². The van der Waals surface area contributed by atoms with Crippen LogP contribution in [0.25, 0.3) is 0 Å². The standard InChI is InChI=1S/C20H28N2O5/c23-13-16-12-22(9-10-26-14-16)20(25)17-5-4-6-18(11-17)27-15-19(24)21-7-2-1-3-8-21/h4-6,11,16,23H,1-3,7-10,12-15H2/t16-/m1/s1. The van der Waals surface area contributed by atoms with Crippen molar-refractivity contribution in [2.45, 2.75) is 19.3 Å². The van der Waals surface area contributed by atoms with Gasteiger partial charge in [-0.2, -0.15) is 0 Å². The molecule has 0 aromatic heterocycles. The molecule has 0 spiro atoms. The van der Waals surface area contributed by atoms with E-state index in [1.807, 2.05) is 4.90 Å². The molecule has 2 heterocycles. The van der Waals surface area contributed by atoms with Gasteiger partial charge in [0.25, 0.3) is 11.8 Å². The van der Waals surface area contributed by atoms with Crippen molar-refractivity contribution in [3.63, 3.8) is 0 Å². The summed E-state index contributed by atoms with van der Waals surface area (Å²) in [6.07, 6.45) is 3.27. The number of rotatable bonds is 5. The van der Waals surface area contributed by atoms with Crippen LogP contribution in [0, 0.1) is 5.92 Å². The average molecular weight is 376 g/mol. The summed E-state index contributed by atoms with van der Waals surface area (Å²) in [7, 11) is 0. The lowest BCUT2D eigenvalue weighted by Crippen LogP contribution is -2.38. The Balaban J connectivity index is 1.59. The molecule has 1 aromatic carbocycles. The number of nitrogens with zero attached hydrogens (tertiary/aromatic N) is 2. The van der Waals surface area contributed by atoms with Gasteiger partial charge in [-0.3, -0.25) is 9.59 Å². The van der Waals surface area contributed by atoms with Crippen LogP contribution in [0.15, 0.2) is 24.3 Å². The minimum absolute atomic E-state index is 0.00839. The summed E-state index contributed by atoms with van der Waals surface area (Å²) in [4.78, 5) is 28.6. The van der Waals surface area contributed by atoms with Crippen molar-refractivity contribution in [1.29, 1.82) is 0 Å². The second-order valence-electron chi connectivity index (χ2n) is 7.13. The molecule has 0 radical (unpaired) electrons. The molecule has 2 aliphatic heterocycles. The largest absolute Gasteiger partial charge is 0.484 e. The summed E-state index contributed by atoms with van der Waals surface area (Å²) < 4.78 is 11.1. The first-order valence-corrected chi connectivity index (χ1v) is 9.66. The van der Waals surface area contributed by atoms with Crippen LogP contribution < -0.4 is 4.74 Å². The van der Waals surface area contributed by atoms with Crippen molar-refractivity contribution in [2.75, 3.05) is 52.6 Å². The SMILES string of the molecule is O=C(COc1cccc(C(=O)N2CCOC[C@@H](CO)C2)c1)N1CCCCC1. The molecule has 2 amide bonds. The quantitative estimate of drug-likeness (QED) is 0.834. The fourth-order valence-corrected chi connectivity index (χ4v) is 3.46. The number of hydrogen-bond donors (Lipinski definition) is 1. The maximum Gasteiger partial charge on any atom is 0.260 e. The minimum Gasteiger partial charge on any atom is -0.484 e. The maximum atomic E-state index is 12.8. The second kappa shape index (κ2) is 9.71. The number of hydrogen-bond acceptors (Lipinski definition) is 5. The average Bonchev–Trinajstić information content (AvgIpc) is 2.98. The molecule has 27 heavy (non-hydrogen) atoms. The summed E-state index contributed by atoms with van der Waals surface area (Å²) in [5, 5.41) is 9.39. The van der Waals surface area contributed by atoms with E-state index in [0.717, 1.165) is 25.9 Å². The highest BCUT2D eigenvalue weighted by Gasteiger charge is 2.23. The zero-order valence-corrected chi connectivity index (χ0v) is 15.6. The molecule has 3 rings (SSSR count). The smallest absolute Gasteiger partial charge is 0.260 e. The van der Waals surface area contributed by atoms with Gasteiger partial charge >= 0.3 is 0 Å². The van der Waals surface area contributed by atoms with E-state index in [0.29, 0.717) is 37.6 Å². The van der Waals surface area contributed by atoms with Crippen molar-refractivity contribution in [2.24, 2.45) is 5.92 Å². The normalized spacial score (nSPS) is 20.9. The highest BCUT2D eigenvalue weighted by atomic mass is 16.5. The molecule has 1 atom stereocenters. The van der Waals surface area contributed by atoms with E-state index in [4.69, 9.17) is 9.47 Å². The van der Waals surface area contributed by atoms with Crippen molar-refractivity contribution in [3.05, 3.63) is 29.8 Å². The van der Waals surface area contributed by atoms with Gasteiger partial charge in [-0.25, -0.2) is 0 Å². The Kier molecular flexibility index (Phi) is 7.06. The van der Waals surface area contributed by atoms with Gasteiger partial charge in [0.2, 0.25) is 0 Å². The third kappa shape index (κ3) is 5.43. The lowest BCUT2D eigenvalue weighted by atomic mass is 10.1. The molecule has 2 fully saturated rings. The number of amides is 2. The molecule has 0 unspecified atom stereocenters. The van der Waals surface area contributed by atoms with Crippen LogP contribution in [0.5, 0.6) is 5.75 Å². The Hall–Kier alpha value is -2.12. The van der Waals surface area contributed by atoms with E-state index >= 15 is 0 Å². The van der Waals surface area contributed by atoms with Crippen LogP contribution in [0.2, 0.25) is 0 Å². The Labute approximate surface area is 159 Å². The van der Waals surface area contributed by atoms with Gasteiger partial charge in [0.15, 0.2) is 6.61 Å². The van der Waals surface area contributed by atoms with Crippen molar-refractivity contribution >= 4 is 11.8 Å². The van der Waals surface area contributed by atoms with Crippen LogP contribution in [0.4, 0.5) is 0 Å². The number of aliphatic hydroxyl groups excluding tert-OH is 1. The van der Waals surface area contributed by atoms with Crippen LogP contribution in [0.1, 0.15) is 29.6 Å². The van der Waals surface area contributed by atoms with Gasteiger partial charge in [0, 0.05) is 44.3 Å². The molecular formula is C20H28N2O5. The number of likely N-dealkylation sites (tertiary alicyclic amines) is 1. The molecule has 0 bridgehead atoms. The predicted molar refractivity (Wildman–Crippen MR) is 99.7 cm³/mol. The fraction of sp³-hybridized carbons (Fsp3) is 0.600. The molecule has 2 aliphatic rings. The zero-order chi connectivity index (χ0) is 19.1. The van der Waals surface area contributed by atoms with E-state index in [9.17, 15) is 14.7 Å². The highest BCUT2D eigenvalue weighted by Crippen LogP contribution is 2.17. The zero-order valence-electron chi connectivity index (χ0n) is 15.6. The number of carbonyl (C=O) groups is 2. The Morgan fingerprint density at radius 3 is 2.74 bits per heavy atom. The van der Waals surface area contributed by atoms with E-state index in [1.54, 1.807) is 29.2 Å². The first-order valence-electron chi connectivity index (χ1n) is 9.66. The highest BCUT2D eigenvalue weighted by molar-refractivity contribution is 5.94. The van der Waals surface area contributed by atoms with Gasteiger partial charge in [-0.05, 0) is 37.5 Å². The summed E-state index contributed by atoms with van der Waals surface area (Å²) in [5.41, 5.74) is 0.511. The molecule has 1 N–H and O–H groups in total. The van der Waals surface area contributed by atoms with E-state index in [1.165, 1.54) is 6.42 Å². The fourth-order valence-electron chi connectivity index (χ4n) is 3.46. The number of carbonyl (C=O) groups excluding carboxylic acids is 2. The topological polar surface area (TPSA) is 79.3 Å². The maximum absolute atomic E-state index is 12.8. The third-order valence-electron chi connectivity index (χ3n) is 5.04. The van der Waals surface area contributed by atoms with Crippen molar-refractivity contribution in [1.82, 2.24) is 9.80 Å². The Morgan fingerprint density at radius 1 is 1.15 bits per heavy atom. The summed E-state index contributed by atoms with van der Waals surface area (Å²) >= 11 is 0. The van der Waals surface area contributed by atoms with Gasteiger partial charge in [0.05, 0.1) is 13.2 Å². The van der Waals surface area contributed by atoms with E-state index in [2.05, 4.69) is 0 Å². The number of piperidine rings is 1. The third-order valence-corrected chi connectivity index (χ3v) is 5.04. The van der Waals surface area contributed by atoms with E-state index in [-0.39, 0.29) is 30.9 Å². The molecular weight excluding hydrogens is 348 g/mol. The molecule has 7 heteroatoms. The van der Waals surface area contributed by atoms with Gasteiger partial charge in [-0.15, -0.1) is 0 Å². The lowest BCUT2D eigenvalue weighted by molar-refractivity contribution is -0.134. The Bertz CT molecular complexity index is 645. The molecule has 0 saturated carbocycles. The number of ether oxygens (including phenoxy) is 2. The summed E-state index contributed by atoms with van der Waals surface area (Å²) in [6, 6.07) is 6.92. The van der Waals surface area contributed by atoms with Crippen molar-refractivity contribution in [3.8, 4) is 5.75 Å². The Morgan fingerprint density at radius 2 is 1.96 bits per heavy atom. The number of benzene rings is 1. The van der Waals surface area contributed by atoms with Gasteiger partial charge < -0.3 is 24.4 Å².